The van der Waals surface area contributed by atoms with Crippen molar-refractivity contribution in [2.45, 2.75) is 18.8 Å². The molecule has 0 atom stereocenters. The topological polar surface area (TPSA) is 40.8 Å². The van der Waals surface area contributed by atoms with Crippen LogP contribution in [0.3, 0.4) is 0 Å². The third-order valence-corrected chi connectivity index (χ3v) is 3.33. The van der Waals surface area contributed by atoms with E-state index in [2.05, 4.69) is 6.07 Å². The van der Waals surface area contributed by atoms with Gasteiger partial charge in [0.25, 0.3) is 0 Å². The third kappa shape index (κ3) is 1.38. The molecule has 0 bridgehead atoms. The summed E-state index contributed by atoms with van der Waals surface area (Å²) in [4.78, 5) is 0. The summed E-state index contributed by atoms with van der Waals surface area (Å²) in [6.07, 6.45) is 3.33. The van der Waals surface area contributed by atoms with Gasteiger partial charge in [-0.15, -0.1) is 0 Å². The van der Waals surface area contributed by atoms with Gasteiger partial charge in [-0.1, -0.05) is 0 Å². The van der Waals surface area contributed by atoms with Crippen LogP contribution in [-0.4, -0.2) is 19.2 Å². The van der Waals surface area contributed by atoms with Crippen molar-refractivity contribution in [1.82, 2.24) is 0 Å². The first-order chi connectivity index (χ1) is 8.35. The Morgan fingerprint density at radius 1 is 1.12 bits per heavy atom. The normalized spacial score (nSPS) is 21.6. The standard InChI is InChI=1S/C13H12O4/c1-3-13(15-5-6-16-13)17-12-8-11-10(2-4-14-11)7-9(1)12/h2,4,7-8H,1,3,5-6H2. The SMILES string of the molecule is c1cc2cc3c(cc2o1)OC1(CC3)OCCO1. The monoisotopic (exact) mass is 232 g/mol. The van der Waals surface area contributed by atoms with Gasteiger partial charge in [0, 0.05) is 17.9 Å². The lowest BCUT2D eigenvalue weighted by Gasteiger charge is -2.32. The smallest absolute Gasteiger partial charge is 0.327 e. The molecule has 17 heavy (non-hydrogen) atoms. The Kier molecular flexibility index (Phi) is 1.81. The molecule has 0 aliphatic carbocycles. The maximum atomic E-state index is 5.85. The van der Waals surface area contributed by atoms with Crippen LogP contribution < -0.4 is 4.74 Å². The van der Waals surface area contributed by atoms with Gasteiger partial charge in [-0.05, 0) is 24.1 Å². The van der Waals surface area contributed by atoms with Gasteiger partial charge in [-0.3, -0.25) is 0 Å². The molecular formula is C13H12O4. The van der Waals surface area contributed by atoms with E-state index in [1.54, 1.807) is 6.26 Å². The van der Waals surface area contributed by atoms with E-state index < -0.39 is 5.97 Å². The zero-order valence-electron chi connectivity index (χ0n) is 9.27. The third-order valence-electron chi connectivity index (χ3n) is 3.33. The van der Waals surface area contributed by atoms with E-state index in [-0.39, 0.29) is 0 Å². The number of fused-ring (bicyclic) bond motifs is 2. The fourth-order valence-electron chi connectivity index (χ4n) is 2.47. The van der Waals surface area contributed by atoms with Crippen LogP contribution in [0.15, 0.2) is 28.9 Å². The highest BCUT2D eigenvalue weighted by molar-refractivity contribution is 5.80. The lowest BCUT2D eigenvalue weighted by Crippen LogP contribution is -2.40. The van der Waals surface area contributed by atoms with Gasteiger partial charge < -0.3 is 18.6 Å². The number of hydrogen-bond donors (Lipinski definition) is 0. The first-order valence-corrected chi connectivity index (χ1v) is 5.82. The van der Waals surface area contributed by atoms with Crippen LogP contribution in [0.4, 0.5) is 0 Å². The van der Waals surface area contributed by atoms with Gasteiger partial charge in [0.1, 0.15) is 11.3 Å². The van der Waals surface area contributed by atoms with Crippen molar-refractivity contribution in [3.63, 3.8) is 0 Å². The highest BCUT2D eigenvalue weighted by Gasteiger charge is 2.42. The van der Waals surface area contributed by atoms with E-state index in [4.69, 9.17) is 18.6 Å². The first kappa shape index (κ1) is 9.50. The number of benzene rings is 1. The second kappa shape index (κ2) is 3.24. The molecule has 2 aromatic rings. The molecule has 0 N–H and O–H groups in total. The van der Waals surface area contributed by atoms with E-state index in [0.717, 1.165) is 29.6 Å². The fraction of sp³-hybridized carbons (Fsp3) is 0.385. The molecule has 1 saturated heterocycles. The Bertz CT molecular complexity index is 566. The van der Waals surface area contributed by atoms with Crippen molar-refractivity contribution in [3.05, 3.63) is 30.0 Å². The molecule has 1 aromatic carbocycles. The predicted molar refractivity (Wildman–Crippen MR) is 59.8 cm³/mol. The average molecular weight is 232 g/mol. The van der Waals surface area contributed by atoms with Crippen molar-refractivity contribution >= 4 is 11.0 Å². The van der Waals surface area contributed by atoms with Crippen molar-refractivity contribution in [3.8, 4) is 5.75 Å². The maximum absolute atomic E-state index is 5.85. The molecule has 2 aliphatic rings. The second-order valence-corrected chi connectivity index (χ2v) is 4.40. The number of ether oxygens (including phenoxy) is 3. The van der Waals surface area contributed by atoms with Crippen LogP contribution in [0.25, 0.3) is 11.0 Å². The molecule has 1 spiro atoms. The molecule has 1 fully saturated rings. The molecule has 0 radical (unpaired) electrons. The summed E-state index contributed by atoms with van der Waals surface area (Å²) >= 11 is 0. The summed E-state index contributed by atoms with van der Waals surface area (Å²) in [5.74, 6) is -0.0478. The van der Waals surface area contributed by atoms with Gasteiger partial charge in [0.05, 0.1) is 19.5 Å². The minimum Gasteiger partial charge on any atom is -0.464 e. The van der Waals surface area contributed by atoms with Crippen LogP contribution in [0.5, 0.6) is 5.75 Å². The summed E-state index contributed by atoms with van der Waals surface area (Å²) < 4.78 is 22.3. The summed E-state index contributed by atoms with van der Waals surface area (Å²) in [7, 11) is 0. The van der Waals surface area contributed by atoms with Crippen molar-refractivity contribution < 1.29 is 18.6 Å². The van der Waals surface area contributed by atoms with Gasteiger partial charge >= 0.3 is 5.97 Å². The van der Waals surface area contributed by atoms with Gasteiger partial charge in [0.2, 0.25) is 0 Å². The minimum atomic E-state index is -0.854. The molecule has 0 amide bonds. The predicted octanol–water partition coefficient (Wildman–Crippen LogP) is 2.46. The molecule has 0 saturated carbocycles. The lowest BCUT2D eigenvalue weighted by molar-refractivity contribution is -0.293. The van der Waals surface area contributed by atoms with Crippen LogP contribution in [0, 0.1) is 0 Å². The first-order valence-electron chi connectivity index (χ1n) is 5.82. The molecule has 2 aliphatic heterocycles. The van der Waals surface area contributed by atoms with E-state index in [1.807, 2.05) is 12.1 Å². The molecule has 4 nitrogen and oxygen atoms in total. The Morgan fingerprint density at radius 2 is 2.00 bits per heavy atom. The highest BCUT2D eigenvalue weighted by atomic mass is 16.9. The van der Waals surface area contributed by atoms with E-state index >= 15 is 0 Å². The Hall–Kier alpha value is -1.52. The quantitative estimate of drug-likeness (QED) is 0.699. The largest absolute Gasteiger partial charge is 0.464 e. The van der Waals surface area contributed by atoms with E-state index in [1.165, 1.54) is 5.56 Å². The van der Waals surface area contributed by atoms with Gasteiger partial charge in [-0.2, -0.15) is 0 Å². The Labute approximate surface area is 98.1 Å². The molecule has 0 unspecified atom stereocenters. The maximum Gasteiger partial charge on any atom is 0.327 e. The Balaban J connectivity index is 1.80. The summed E-state index contributed by atoms with van der Waals surface area (Å²) in [5.41, 5.74) is 2.02. The van der Waals surface area contributed by atoms with Crippen LogP contribution >= 0.6 is 0 Å². The number of hydrogen-bond acceptors (Lipinski definition) is 4. The Morgan fingerprint density at radius 3 is 2.88 bits per heavy atom. The molecule has 88 valence electrons. The van der Waals surface area contributed by atoms with E-state index in [0.29, 0.717) is 13.2 Å². The van der Waals surface area contributed by atoms with Crippen LogP contribution in [0.2, 0.25) is 0 Å². The second-order valence-electron chi connectivity index (χ2n) is 4.40. The number of aryl methyl sites for hydroxylation is 1. The fourth-order valence-corrected chi connectivity index (χ4v) is 2.47. The number of furan rings is 1. The van der Waals surface area contributed by atoms with Crippen molar-refractivity contribution in [2.24, 2.45) is 0 Å². The minimum absolute atomic E-state index is 0.596. The lowest BCUT2D eigenvalue weighted by atomic mass is 10.0. The van der Waals surface area contributed by atoms with Crippen LogP contribution in [0.1, 0.15) is 12.0 Å². The van der Waals surface area contributed by atoms with Crippen LogP contribution in [-0.2, 0) is 15.9 Å². The highest BCUT2D eigenvalue weighted by Crippen LogP contribution is 2.39. The zero-order chi connectivity index (χ0) is 11.3. The van der Waals surface area contributed by atoms with Gasteiger partial charge in [0.15, 0.2) is 0 Å². The summed E-state index contributed by atoms with van der Waals surface area (Å²) in [6.45, 7) is 1.19. The van der Waals surface area contributed by atoms with E-state index in [9.17, 15) is 0 Å². The number of rotatable bonds is 0. The average Bonchev–Trinajstić information content (AvgIpc) is 2.95. The molecule has 1 aromatic heterocycles. The molecule has 4 heteroatoms. The molecule has 4 rings (SSSR count). The van der Waals surface area contributed by atoms with Crippen molar-refractivity contribution in [1.29, 1.82) is 0 Å². The zero-order valence-corrected chi connectivity index (χ0v) is 9.27. The van der Waals surface area contributed by atoms with Gasteiger partial charge in [-0.25, -0.2) is 0 Å². The summed E-state index contributed by atoms with van der Waals surface area (Å²) in [6, 6.07) is 5.98. The van der Waals surface area contributed by atoms with Crippen molar-refractivity contribution in [2.75, 3.05) is 13.2 Å². The molecular weight excluding hydrogens is 220 g/mol. The summed E-state index contributed by atoms with van der Waals surface area (Å²) in [5, 5.41) is 1.11. The molecule has 3 heterocycles.